The van der Waals surface area contributed by atoms with Crippen molar-refractivity contribution in [2.75, 3.05) is 22.4 Å². The number of sulfonamides is 1. The van der Waals surface area contributed by atoms with E-state index in [1.807, 2.05) is 31.2 Å². The number of aryl methyl sites for hydroxylation is 1. The lowest BCUT2D eigenvalue weighted by Crippen LogP contribution is -2.16. The molecule has 0 aliphatic heterocycles. The highest BCUT2D eigenvalue weighted by Gasteiger charge is 2.15. The summed E-state index contributed by atoms with van der Waals surface area (Å²) in [5, 5.41) is 2.82. The van der Waals surface area contributed by atoms with Gasteiger partial charge in [-0.15, -0.1) is 11.8 Å². The van der Waals surface area contributed by atoms with E-state index >= 15 is 0 Å². The van der Waals surface area contributed by atoms with Crippen molar-refractivity contribution in [2.24, 2.45) is 0 Å². The van der Waals surface area contributed by atoms with Crippen molar-refractivity contribution in [2.45, 2.75) is 23.6 Å². The quantitative estimate of drug-likeness (QED) is 0.446. The average Bonchev–Trinajstić information content (AvgIpc) is 2.76. The zero-order valence-corrected chi connectivity index (χ0v) is 18.9. The molecule has 0 aliphatic rings. The molecular weight excluding hydrogens is 432 g/mol. The van der Waals surface area contributed by atoms with Gasteiger partial charge in [0.1, 0.15) is 5.75 Å². The molecule has 0 unspecified atom stereocenters. The molecule has 0 fully saturated rings. The van der Waals surface area contributed by atoms with Gasteiger partial charge in [-0.05, 0) is 67.9 Å². The van der Waals surface area contributed by atoms with Gasteiger partial charge < -0.3 is 10.1 Å². The van der Waals surface area contributed by atoms with E-state index in [-0.39, 0.29) is 16.6 Å². The van der Waals surface area contributed by atoms with Crippen LogP contribution in [-0.2, 0) is 14.8 Å². The number of nitrogens with one attached hydrogen (secondary N) is 2. The van der Waals surface area contributed by atoms with Gasteiger partial charge in [-0.2, -0.15) is 0 Å². The highest BCUT2D eigenvalue weighted by atomic mass is 32.2. The Bertz CT molecular complexity index is 1130. The summed E-state index contributed by atoms with van der Waals surface area (Å²) in [6, 6.07) is 20.8. The van der Waals surface area contributed by atoms with Crippen LogP contribution in [0.5, 0.6) is 5.75 Å². The van der Waals surface area contributed by atoms with Gasteiger partial charge in [-0.25, -0.2) is 8.42 Å². The molecule has 8 heteroatoms. The average molecular weight is 457 g/mol. The number of rotatable bonds is 9. The van der Waals surface area contributed by atoms with E-state index in [4.69, 9.17) is 4.74 Å². The van der Waals surface area contributed by atoms with Crippen LogP contribution in [0, 0.1) is 6.92 Å². The van der Waals surface area contributed by atoms with Gasteiger partial charge in [-0.1, -0.05) is 24.3 Å². The molecule has 6 nitrogen and oxygen atoms in total. The second-order valence-corrected chi connectivity index (χ2v) is 9.42. The molecule has 0 radical (unpaired) electrons. The smallest absolute Gasteiger partial charge is 0.261 e. The molecule has 0 saturated heterocycles. The van der Waals surface area contributed by atoms with E-state index in [2.05, 4.69) is 10.0 Å². The number of hydrogen-bond acceptors (Lipinski definition) is 5. The fourth-order valence-electron chi connectivity index (χ4n) is 2.76. The van der Waals surface area contributed by atoms with Crippen LogP contribution in [0.1, 0.15) is 12.5 Å². The maximum atomic E-state index is 12.6. The zero-order valence-electron chi connectivity index (χ0n) is 17.3. The summed E-state index contributed by atoms with van der Waals surface area (Å²) in [5.74, 6) is 0.841. The fourth-order valence-corrected chi connectivity index (χ4v) is 4.60. The standard InChI is InChI=1S/C23H24N2O4S2/c1-3-29-19-11-13-20(14-12-19)30-16-23(26)24-18-10-9-17(2)22(15-18)25-31(27,28)21-7-5-4-6-8-21/h4-15,25H,3,16H2,1-2H3,(H,24,26). The van der Waals surface area contributed by atoms with Crippen LogP contribution >= 0.6 is 11.8 Å². The van der Waals surface area contributed by atoms with E-state index in [1.165, 1.54) is 23.9 Å². The van der Waals surface area contributed by atoms with E-state index in [0.29, 0.717) is 18.0 Å². The summed E-state index contributed by atoms with van der Waals surface area (Å²) in [6.45, 7) is 4.33. The van der Waals surface area contributed by atoms with E-state index in [1.54, 1.807) is 43.3 Å². The highest BCUT2D eigenvalue weighted by Crippen LogP contribution is 2.25. The van der Waals surface area contributed by atoms with Crippen LogP contribution < -0.4 is 14.8 Å². The summed E-state index contributed by atoms with van der Waals surface area (Å²) >= 11 is 1.41. The van der Waals surface area contributed by atoms with Crippen molar-refractivity contribution in [3.63, 3.8) is 0 Å². The Balaban J connectivity index is 1.62. The Morgan fingerprint density at radius 1 is 1.00 bits per heavy atom. The maximum absolute atomic E-state index is 12.6. The largest absolute Gasteiger partial charge is 0.494 e. The number of ether oxygens (including phenoxy) is 1. The van der Waals surface area contributed by atoms with Gasteiger partial charge in [0.05, 0.1) is 22.9 Å². The lowest BCUT2D eigenvalue weighted by molar-refractivity contribution is -0.113. The molecule has 2 N–H and O–H groups in total. The molecule has 0 atom stereocenters. The second kappa shape index (κ2) is 10.4. The summed E-state index contributed by atoms with van der Waals surface area (Å²) in [6.07, 6.45) is 0. The van der Waals surface area contributed by atoms with Crippen LogP contribution in [0.15, 0.2) is 82.6 Å². The van der Waals surface area contributed by atoms with Gasteiger partial charge in [-0.3, -0.25) is 9.52 Å². The molecule has 3 aromatic carbocycles. The zero-order chi connectivity index (χ0) is 22.3. The van der Waals surface area contributed by atoms with Crippen LogP contribution in [0.4, 0.5) is 11.4 Å². The van der Waals surface area contributed by atoms with Crippen molar-refractivity contribution in [3.05, 3.63) is 78.4 Å². The van der Waals surface area contributed by atoms with Crippen molar-refractivity contribution in [3.8, 4) is 5.75 Å². The molecule has 0 spiro atoms. The lowest BCUT2D eigenvalue weighted by atomic mass is 10.2. The number of amides is 1. The number of thioether (sulfide) groups is 1. The first kappa shape index (κ1) is 22.7. The minimum atomic E-state index is -3.71. The molecule has 0 heterocycles. The first-order chi connectivity index (χ1) is 14.9. The predicted molar refractivity (Wildman–Crippen MR) is 125 cm³/mol. The van der Waals surface area contributed by atoms with E-state index in [0.717, 1.165) is 16.2 Å². The van der Waals surface area contributed by atoms with E-state index in [9.17, 15) is 13.2 Å². The minimum Gasteiger partial charge on any atom is -0.494 e. The highest BCUT2D eigenvalue weighted by molar-refractivity contribution is 8.00. The second-order valence-electron chi connectivity index (χ2n) is 6.69. The molecule has 0 aromatic heterocycles. The Morgan fingerprint density at radius 2 is 1.71 bits per heavy atom. The van der Waals surface area contributed by atoms with Crippen molar-refractivity contribution >= 4 is 39.1 Å². The number of hydrogen-bond donors (Lipinski definition) is 2. The molecule has 31 heavy (non-hydrogen) atoms. The molecule has 3 rings (SSSR count). The van der Waals surface area contributed by atoms with Gasteiger partial charge in [0.25, 0.3) is 10.0 Å². The number of anilines is 2. The molecular formula is C23H24N2O4S2. The van der Waals surface area contributed by atoms with Crippen LogP contribution in [0.3, 0.4) is 0 Å². The van der Waals surface area contributed by atoms with Gasteiger partial charge in [0.2, 0.25) is 5.91 Å². The van der Waals surface area contributed by atoms with E-state index < -0.39 is 10.0 Å². The summed E-state index contributed by atoms with van der Waals surface area (Å²) < 4.78 is 33.2. The SMILES string of the molecule is CCOc1ccc(SCC(=O)Nc2ccc(C)c(NS(=O)(=O)c3ccccc3)c2)cc1. The van der Waals surface area contributed by atoms with Crippen molar-refractivity contribution < 1.29 is 17.9 Å². The van der Waals surface area contributed by atoms with Crippen LogP contribution in [-0.4, -0.2) is 26.7 Å². The summed E-state index contributed by atoms with van der Waals surface area (Å²) in [5.41, 5.74) is 1.69. The Labute approximate surface area is 187 Å². The molecule has 0 saturated carbocycles. The third-order valence-electron chi connectivity index (χ3n) is 4.32. The minimum absolute atomic E-state index is 0.176. The first-order valence-corrected chi connectivity index (χ1v) is 12.2. The molecule has 162 valence electrons. The van der Waals surface area contributed by atoms with Crippen LogP contribution in [0.2, 0.25) is 0 Å². The fraction of sp³-hybridized carbons (Fsp3) is 0.174. The molecule has 0 aliphatic carbocycles. The normalized spacial score (nSPS) is 11.0. The third kappa shape index (κ3) is 6.50. The van der Waals surface area contributed by atoms with Gasteiger partial charge in [0.15, 0.2) is 0 Å². The summed E-state index contributed by atoms with van der Waals surface area (Å²) in [7, 11) is -3.71. The van der Waals surface area contributed by atoms with Gasteiger partial charge >= 0.3 is 0 Å². The third-order valence-corrected chi connectivity index (χ3v) is 6.72. The predicted octanol–water partition coefficient (Wildman–Crippen LogP) is 4.93. The number of benzene rings is 3. The van der Waals surface area contributed by atoms with Gasteiger partial charge in [0, 0.05) is 10.6 Å². The molecule has 0 bridgehead atoms. The maximum Gasteiger partial charge on any atom is 0.261 e. The Morgan fingerprint density at radius 3 is 2.39 bits per heavy atom. The Hall–Kier alpha value is -2.97. The molecule has 1 amide bonds. The Kier molecular flexibility index (Phi) is 7.59. The van der Waals surface area contributed by atoms with Crippen molar-refractivity contribution in [1.29, 1.82) is 0 Å². The number of carbonyl (C=O) groups excluding carboxylic acids is 1. The monoisotopic (exact) mass is 456 g/mol. The number of carbonyl (C=O) groups is 1. The summed E-state index contributed by atoms with van der Waals surface area (Å²) in [4.78, 5) is 13.5. The van der Waals surface area contributed by atoms with Crippen LogP contribution in [0.25, 0.3) is 0 Å². The van der Waals surface area contributed by atoms with Crippen molar-refractivity contribution in [1.82, 2.24) is 0 Å². The lowest BCUT2D eigenvalue weighted by Gasteiger charge is -2.13. The topological polar surface area (TPSA) is 84.5 Å². The first-order valence-electron chi connectivity index (χ1n) is 9.71. The molecule has 3 aromatic rings.